The van der Waals surface area contributed by atoms with Crippen molar-refractivity contribution in [1.82, 2.24) is 19.1 Å². The van der Waals surface area contributed by atoms with Crippen LogP contribution < -0.4 is 9.13 Å². The van der Waals surface area contributed by atoms with Crippen molar-refractivity contribution >= 4 is 21.8 Å². The molecule has 34 heavy (non-hydrogen) atoms. The van der Waals surface area contributed by atoms with Crippen LogP contribution in [0.4, 0.5) is 0 Å². The number of imidazole rings is 2. The average molecular weight is 455 g/mol. The molecule has 0 atom stereocenters. The molecule has 4 aromatic heterocycles. The van der Waals surface area contributed by atoms with E-state index in [-0.39, 0.29) is 0 Å². The van der Waals surface area contributed by atoms with E-state index in [0.717, 1.165) is 37.2 Å². The molecule has 0 unspecified atom stereocenters. The number of unbranched alkanes of at least 4 members (excludes halogenated alkanes) is 2. The van der Waals surface area contributed by atoms with Gasteiger partial charge in [-0.2, -0.15) is 0 Å². The lowest BCUT2D eigenvalue weighted by atomic mass is 10.0. The Bertz CT molecular complexity index is 1290. The van der Waals surface area contributed by atoms with E-state index in [4.69, 9.17) is 9.97 Å². The van der Waals surface area contributed by atoms with E-state index in [9.17, 15) is 0 Å². The van der Waals surface area contributed by atoms with Gasteiger partial charge in [-0.15, -0.1) is 0 Å². The van der Waals surface area contributed by atoms with Gasteiger partial charge in [0.1, 0.15) is 37.9 Å². The zero-order valence-electron chi connectivity index (χ0n) is 20.3. The largest absolute Gasteiger partial charge is 0.254 e. The van der Waals surface area contributed by atoms with Crippen LogP contribution in [-0.2, 0) is 26.2 Å². The number of fused-ring (bicyclic) bond motifs is 3. The molecular weight excluding hydrogens is 420 g/mol. The molecule has 0 spiro atoms. The minimum absolute atomic E-state index is 0.824. The van der Waals surface area contributed by atoms with Gasteiger partial charge in [0.15, 0.2) is 0 Å². The van der Waals surface area contributed by atoms with Gasteiger partial charge in [0.25, 0.3) is 0 Å². The number of rotatable bonds is 10. The Balaban J connectivity index is 1.44. The Kier molecular flexibility index (Phi) is 6.65. The lowest BCUT2D eigenvalue weighted by Crippen LogP contribution is -2.32. The summed E-state index contributed by atoms with van der Waals surface area (Å²) in [5.74, 6) is 0. The number of aryl methyl sites for hydroxylation is 2. The first-order chi connectivity index (χ1) is 16.7. The van der Waals surface area contributed by atoms with Crippen molar-refractivity contribution in [2.75, 3.05) is 0 Å². The van der Waals surface area contributed by atoms with Gasteiger partial charge in [0.2, 0.25) is 12.7 Å². The summed E-state index contributed by atoms with van der Waals surface area (Å²) >= 11 is 0. The third kappa shape index (κ3) is 4.72. The Morgan fingerprint density at radius 2 is 1.15 bits per heavy atom. The van der Waals surface area contributed by atoms with Crippen LogP contribution in [0.15, 0.2) is 74.1 Å². The van der Waals surface area contributed by atoms with Gasteiger partial charge in [0, 0.05) is 34.3 Å². The van der Waals surface area contributed by atoms with Crippen molar-refractivity contribution in [3.8, 4) is 0 Å². The van der Waals surface area contributed by atoms with Crippen molar-refractivity contribution in [1.29, 1.82) is 0 Å². The Labute approximate surface area is 201 Å². The van der Waals surface area contributed by atoms with E-state index in [2.05, 4.69) is 93.8 Å². The second-order valence-corrected chi connectivity index (χ2v) is 9.15. The SMILES string of the molecule is CCCCn1cc[n+](Cc2ccnc3c2ccc2c(C[n+]4ccn(CCCC)c4)ccnc23)c1. The van der Waals surface area contributed by atoms with Gasteiger partial charge in [-0.05, 0) is 25.0 Å². The average Bonchev–Trinajstić information content (AvgIpc) is 3.51. The molecule has 0 saturated carbocycles. The van der Waals surface area contributed by atoms with Gasteiger partial charge >= 0.3 is 0 Å². The fourth-order valence-electron chi connectivity index (χ4n) is 4.62. The minimum Gasteiger partial charge on any atom is -0.254 e. The van der Waals surface area contributed by atoms with Crippen molar-refractivity contribution in [2.45, 2.75) is 65.7 Å². The summed E-state index contributed by atoms with van der Waals surface area (Å²) in [5.41, 5.74) is 4.49. The molecule has 0 radical (unpaired) electrons. The first kappa shape index (κ1) is 22.3. The third-order valence-corrected chi connectivity index (χ3v) is 6.54. The van der Waals surface area contributed by atoms with E-state index in [1.54, 1.807) is 0 Å². The zero-order valence-corrected chi connectivity index (χ0v) is 20.3. The molecule has 0 saturated heterocycles. The van der Waals surface area contributed by atoms with E-state index in [0.29, 0.717) is 0 Å². The molecule has 0 aliphatic heterocycles. The predicted octanol–water partition coefficient (Wildman–Crippen LogP) is 4.66. The Morgan fingerprint density at radius 1 is 0.676 bits per heavy atom. The van der Waals surface area contributed by atoms with E-state index < -0.39 is 0 Å². The highest BCUT2D eigenvalue weighted by Gasteiger charge is 2.14. The summed E-state index contributed by atoms with van der Waals surface area (Å²) in [4.78, 5) is 9.51. The highest BCUT2D eigenvalue weighted by Crippen LogP contribution is 2.26. The first-order valence-electron chi connectivity index (χ1n) is 12.5. The highest BCUT2D eigenvalue weighted by molar-refractivity contribution is 6.04. The lowest BCUT2D eigenvalue weighted by Gasteiger charge is -2.09. The van der Waals surface area contributed by atoms with E-state index in [1.165, 1.54) is 47.6 Å². The molecular formula is C28H34N6+2. The van der Waals surface area contributed by atoms with E-state index in [1.807, 2.05) is 12.4 Å². The van der Waals surface area contributed by atoms with Crippen LogP contribution in [0.25, 0.3) is 21.8 Å². The number of nitrogens with zero attached hydrogens (tertiary/aromatic N) is 6. The van der Waals surface area contributed by atoms with Crippen LogP contribution in [0, 0.1) is 0 Å². The number of aromatic nitrogens is 6. The quantitative estimate of drug-likeness (QED) is 0.228. The van der Waals surface area contributed by atoms with Crippen molar-refractivity contribution in [3.63, 3.8) is 0 Å². The fourth-order valence-corrected chi connectivity index (χ4v) is 4.62. The summed E-state index contributed by atoms with van der Waals surface area (Å²) in [6.45, 7) is 8.24. The monoisotopic (exact) mass is 454 g/mol. The summed E-state index contributed by atoms with van der Waals surface area (Å²) in [6, 6.07) is 8.69. The van der Waals surface area contributed by atoms with Crippen LogP contribution in [0.1, 0.15) is 50.7 Å². The molecule has 0 bridgehead atoms. The van der Waals surface area contributed by atoms with Gasteiger partial charge in [-0.3, -0.25) is 9.97 Å². The van der Waals surface area contributed by atoms with Crippen molar-refractivity contribution < 1.29 is 9.13 Å². The van der Waals surface area contributed by atoms with Crippen LogP contribution in [-0.4, -0.2) is 19.1 Å². The molecule has 4 heterocycles. The maximum atomic E-state index is 4.76. The lowest BCUT2D eigenvalue weighted by molar-refractivity contribution is -0.687. The van der Waals surface area contributed by atoms with Gasteiger partial charge in [-0.1, -0.05) is 38.8 Å². The number of benzene rings is 1. The number of hydrogen-bond acceptors (Lipinski definition) is 2. The van der Waals surface area contributed by atoms with Gasteiger partial charge in [-0.25, -0.2) is 18.3 Å². The summed E-state index contributed by atoms with van der Waals surface area (Å²) < 4.78 is 9.03. The first-order valence-corrected chi connectivity index (χ1v) is 12.5. The highest BCUT2D eigenvalue weighted by atomic mass is 15.1. The normalized spacial score (nSPS) is 11.6. The standard InChI is InChI=1S/C28H34N6/c1-3-5-13-31-15-17-33(21-31)19-23-9-11-29-27-25(23)7-8-26-24(10-12-30-28(26)27)20-34-18-16-32(22-34)14-6-4-2/h7-12,15-18,21-22H,3-6,13-14,19-20H2,1-2H3/q+2. The van der Waals surface area contributed by atoms with Crippen LogP contribution in [0.3, 0.4) is 0 Å². The smallest absolute Gasteiger partial charge is 0.244 e. The molecule has 0 amide bonds. The molecule has 5 aromatic rings. The minimum atomic E-state index is 0.824. The topological polar surface area (TPSA) is 43.4 Å². The van der Waals surface area contributed by atoms with Gasteiger partial charge < -0.3 is 0 Å². The van der Waals surface area contributed by atoms with E-state index >= 15 is 0 Å². The molecule has 6 heteroatoms. The summed E-state index contributed by atoms with van der Waals surface area (Å²) in [5, 5.41) is 2.35. The Hall–Kier alpha value is -3.54. The summed E-state index contributed by atoms with van der Waals surface area (Å²) in [7, 11) is 0. The molecule has 5 rings (SSSR count). The second kappa shape index (κ2) is 10.2. The maximum Gasteiger partial charge on any atom is 0.244 e. The second-order valence-electron chi connectivity index (χ2n) is 9.15. The van der Waals surface area contributed by atoms with Crippen molar-refractivity contribution in [3.05, 3.63) is 85.2 Å². The van der Waals surface area contributed by atoms with Crippen LogP contribution >= 0.6 is 0 Å². The van der Waals surface area contributed by atoms with Crippen LogP contribution in [0.5, 0.6) is 0 Å². The molecule has 0 aliphatic carbocycles. The Morgan fingerprint density at radius 3 is 1.59 bits per heavy atom. The van der Waals surface area contributed by atoms with Crippen molar-refractivity contribution in [2.24, 2.45) is 0 Å². The summed E-state index contributed by atoms with van der Waals surface area (Å²) in [6.07, 6.45) is 21.7. The zero-order chi connectivity index (χ0) is 23.3. The third-order valence-electron chi connectivity index (χ3n) is 6.54. The molecule has 174 valence electrons. The molecule has 0 fully saturated rings. The molecule has 1 aromatic carbocycles. The number of pyridine rings is 2. The van der Waals surface area contributed by atoms with Crippen LogP contribution in [0.2, 0.25) is 0 Å². The maximum absolute atomic E-state index is 4.76. The molecule has 0 N–H and O–H groups in total. The molecule has 0 aliphatic rings. The molecule has 6 nitrogen and oxygen atoms in total. The predicted molar refractivity (Wildman–Crippen MR) is 134 cm³/mol. The van der Waals surface area contributed by atoms with Gasteiger partial charge in [0.05, 0.1) is 24.1 Å². The fraction of sp³-hybridized carbons (Fsp3) is 0.357. The number of hydrogen-bond donors (Lipinski definition) is 0.